The Morgan fingerprint density at radius 3 is 2.79 bits per heavy atom. The summed E-state index contributed by atoms with van der Waals surface area (Å²) >= 11 is 3.08. The van der Waals surface area contributed by atoms with Crippen molar-refractivity contribution < 1.29 is 18.3 Å². The molecule has 0 saturated carbocycles. The van der Waals surface area contributed by atoms with Crippen LogP contribution in [0.3, 0.4) is 0 Å². The van der Waals surface area contributed by atoms with Crippen molar-refractivity contribution >= 4 is 21.7 Å². The fourth-order valence-electron chi connectivity index (χ4n) is 1.40. The maximum atomic E-state index is 12.5. The van der Waals surface area contributed by atoms with Gasteiger partial charge in [-0.1, -0.05) is 15.9 Å². The second-order valence-electron chi connectivity index (χ2n) is 2.88. The van der Waals surface area contributed by atoms with E-state index in [1.54, 1.807) is 0 Å². The summed E-state index contributed by atoms with van der Waals surface area (Å²) in [6, 6.07) is 2.77. The van der Waals surface area contributed by atoms with E-state index in [9.17, 15) is 13.6 Å². The molecule has 0 bridgehead atoms. The van der Waals surface area contributed by atoms with Crippen LogP contribution in [0.4, 0.5) is 8.78 Å². The topological polar surface area (TPSA) is 26.3 Å². The molecule has 14 heavy (non-hydrogen) atoms. The zero-order valence-electron chi connectivity index (χ0n) is 6.89. The average molecular weight is 263 g/mol. The highest BCUT2D eigenvalue weighted by Crippen LogP contribution is 2.36. The summed E-state index contributed by atoms with van der Waals surface area (Å²) in [5, 5.41) is 0. The first-order chi connectivity index (χ1) is 6.59. The van der Waals surface area contributed by atoms with Crippen molar-refractivity contribution in [2.45, 2.75) is 6.43 Å². The third-order valence-corrected chi connectivity index (χ3v) is 2.43. The molecule has 5 heteroatoms. The van der Waals surface area contributed by atoms with Crippen LogP contribution in [-0.2, 0) is 0 Å². The number of ketones is 1. The molecule has 0 fully saturated rings. The third kappa shape index (κ3) is 1.41. The highest BCUT2D eigenvalue weighted by atomic mass is 79.9. The van der Waals surface area contributed by atoms with E-state index in [0.29, 0.717) is 4.47 Å². The normalized spacial score (nSPS) is 14.4. The number of benzene rings is 1. The maximum Gasteiger partial charge on any atom is 0.264 e. The Morgan fingerprint density at radius 2 is 2.14 bits per heavy atom. The van der Waals surface area contributed by atoms with E-state index in [1.807, 2.05) is 0 Å². The van der Waals surface area contributed by atoms with Gasteiger partial charge in [0.2, 0.25) is 5.78 Å². The lowest BCUT2D eigenvalue weighted by molar-refractivity contribution is 0.0952. The van der Waals surface area contributed by atoms with Crippen LogP contribution in [0.15, 0.2) is 16.6 Å². The minimum absolute atomic E-state index is 0.0169. The molecule has 1 aromatic carbocycles. The van der Waals surface area contributed by atoms with Crippen molar-refractivity contribution in [3.63, 3.8) is 0 Å². The molecule has 0 atom stereocenters. The van der Waals surface area contributed by atoms with Gasteiger partial charge in [-0.15, -0.1) is 0 Å². The molecule has 2 nitrogen and oxygen atoms in total. The van der Waals surface area contributed by atoms with Gasteiger partial charge in [-0.05, 0) is 12.1 Å². The van der Waals surface area contributed by atoms with Crippen LogP contribution >= 0.6 is 15.9 Å². The van der Waals surface area contributed by atoms with E-state index in [0.717, 1.165) is 0 Å². The molecule has 1 heterocycles. The van der Waals surface area contributed by atoms with Crippen molar-refractivity contribution in [3.8, 4) is 5.75 Å². The number of rotatable bonds is 1. The molecule has 0 aromatic heterocycles. The van der Waals surface area contributed by atoms with E-state index in [-0.39, 0.29) is 29.3 Å². The van der Waals surface area contributed by atoms with Crippen LogP contribution in [0.25, 0.3) is 0 Å². The molecule has 0 N–H and O–H groups in total. The van der Waals surface area contributed by atoms with Gasteiger partial charge in [-0.3, -0.25) is 4.79 Å². The molecule has 0 saturated heterocycles. The van der Waals surface area contributed by atoms with Crippen molar-refractivity contribution in [3.05, 3.63) is 27.7 Å². The van der Waals surface area contributed by atoms with Crippen molar-refractivity contribution in [1.29, 1.82) is 0 Å². The Labute approximate surface area is 87.0 Å². The number of halogens is 3. The molecular weight excluding hydrogens is 258 g/mol. The Bertz CT molecular complexity index is 404. The zero-order chi connectivity index (χ0) is 10.3. The largest absolute Gasteiger partial charge is 0.485 e. The van der Waals surface area contributed by atoms with Gasteiger partial charge in [0.15, 0.2) is 6.61 Å². The second-order valence-corrected chi connectivity index (χ2v) is 3.80. The van der Waals surface area contributed by atoms with E-state index in [2.05, 4.69) is 15.9 Å². The van der Waals surface area contributed by atoms with Gasteiger partial charge in [-0.2, -0.15) is 0 Å². The van der Waals surface area contributed by atoms with Crippen LogP contribution in [0.1, 0.15) is 22.3 Å². The molecule has 0 unspecified atom stereocenters. The molecule has 0 amide bonds. The average Bonchev–Trinajstić information content (AvgIpc) is 2.46. The highest BCUT2D eigenvalue weighted by Gasteiger charge is 2.28. The van der Waals surface area contributed by atoms with Crippen LogP contribution in [-0.4, -0.2) is 12.4 Å². The van der Waals surface area contributed by atoms with Crippen molar-refractivity contribution in [2.24, 2.45) is 0 Å². The first-order valence-corrected chi connectivity index (χ1v) is 4.66. The molecule has 1 aromatic rings. The Kier molecular flexibility index (Phi) is 2.26. The molecule has 0 radical (unpaired) electrons. The summed E-state index contributed by atoms with van der Waals surface area (Å²) in [4.78, 5) is 11.2. The number of fused-ring (bicyclic) bond motifs is 1. The van der Waals surface area contributed by atoms with Gasteiger partial charge in [0.1, 0.15) is 5.75 Å². The molecule has 1 aliphatic rings. The highest BCUT2D eigenvalue weighted by molar-refractivity contribution is 9.10. The van der Waals surface area contributed by atoms with Crippen LogP contribution in [0, 0.1) is 0 Å². The minimum Gasteiger partial charge on any atom is -0.485 e. The van der Waals surface area contributed by atoms with E-state index in [1.165, 1.54) is 12.1 Å². The van der Waals surface area contributed by atoms with Crippen LogP contribution in [0.5, 0.6) is 5.75 Å². The van der Waals surface area contributed by atoms with E-state index >= 15 is 0 Å². The quantitative estimate of drug-likeness (QED) is 0.778. The monoisotopic (exact) mass is 262 g/mol. The van der Waals surface area contributed by atoms with Gasteiger partial charge < -0.3 is 4.74 Å². The molecular formula is C9H5BrF2O2. The number of Topliss-reactive ketones (excluding diaryl/α,β-unsaturated/α-hetero) is 1. The van der Waals surface area contributed by atoms with Gasteiger partial charge in [0.05, 0.1) is 5.56 Å². The SMILES string of the molecule is O=C1COc2cc(Br)cc(C(F)F)c21. The molecule has 74 valence electrons. The summed E-state index contributed by atoms with van der Waals surface area (Å²) in [5.74, 6) is -0.150. The predicted molar refractivity (Wildman–Crippen MR) is 48.9 cm³/mol. The number of hydrogen-bond donors (Lipinski definition) is 0. The maximum absolute atomic E-state index is 12.5. The summed E-state index contributed by atoms with van der Waals surface area (Å²) in [5.41, 5.74) is -0.250. The van der Waals surface area contributed by atoms with Crippen LogP contribution in [0.2, 0.25) is 0 Å². The first-order valence-electron chi connectivity index (χ1n) is 3.87. The molecule has 2 rings (SSSR count). The molecule has 0 spiro atoms. The number of ether oxygens (including phenoxy) is 1. The zero-order valence-corrected chi connectivity index (χ0v) is 8.48. The van der Waals surface area contributed by atoms with Gasteiger partial charge in [-0.25, -0.2) is 8.78 Å². The van der Waals surface area contributed by atoms with Crippen molar-refractivity contribution in [1.82, 2.24) is 0 Å². The lowest BCUT2D eigenvalue weighted by atomic mass is 10.0. The van der Waals surface area contributed by atoms with Gasteiger partial charge in [0.25, 0.3) is 6.43 Å². The standard InChI is InChI=1S/C9H5BrF2O2/c10-4-1-5(9(11)12)8-6(13)3-14-7(8)2-4/h1-2,9H,3H2. The third-order valence-electron chi connectivity index (χ3n) is 1.97. The number of carbonyl (C=O) groups is 1. The Balaban J connectivity index is 2.65. The first kappa shape index (κ1) is 9.58. The second kappa shape index (κ2) is 3.31. The number of carbonyl (C=O) groups excluding carboxylic acids is 1. The fraction of sp³-hybridized carbons (Fsp3) is 0.222. The number of hydrogen-bond acceptors (Lipinski definition) is 2. The molecule has 0 aliphatic carbocycles. The summed E-state index contributed by atoms with van der Waals surface area (Å²) in [6.45, 7) is -0.147. The fourth-order valence-corrected chi connectivity index (χ4v) is 1.86. The van der Waals surface area contributed by atoms with Crippen LogP contribution < -0.4 is 4.74 Å². The summed E-state index contributed by atoms with van der Waals surface area (Å²) < 4.78 is 30.6. The summed E-state index contributed by atoms with van der Waals surface area (Å²) in [6.07, 6.45) is -2.66. The van der Waals surface area contributed by atoms with Gasteiger partial charge >= 0.3 is 0 Å². The summed E-state index contributed by atoms with van der Waals surface area (Å²) in [7, 11) is 0. The Morgan fingerprint density at radius 1 is 1.43 bits per heavy atom. The smallest absolute Gasteiger partial charge is 0.264 e. The Hall–Kier alpha value is -0.970. The minimum atomic E-state index is -2.66. The lowest BCUT2D eigenvalue weighted by Crippen LogP contribution is -2.02. The number of alkyl halides is 2. The van der Waals surface area contributed by atoms with E-state index in [4.69, 9.17) is 4.74 Å². The predicted octanol–water partition coefficient (Wildman–Crippen LogP) is 2.96. The van der Waals surface area contributed by atoms with E-state index < -0.39 is 6.43 Å². The van der Waals surface area contributed by atoms with Gasteiger partial charge in [0, 0.05) is 10.0 Å². The molecule has 1 aliphatic heterocycles. The van der Waals surface area contributed by atoms with Crippen molar-refractivity contribution in [2.75, 3.05) is 6.61 Å². The lowest BCUT2D eigenvalue weighted by Gasteiger charge is -2.05.